The van der Waals surface area contributed by atoms with Crippen molar-refractivity contribution in [2.24, 2.45) is 7.05 Å². The Balaban J connectivity index is 1.63. The van der Waals surface area contributed by atoms with Gasteiger partial charge in [-0.2, -0.15) is 0 Å². The van der Waals surface area contributed by atoms with E-state index in [2.05, 4.69) is 93.2 Å². The molecule has 180 valence electrons. The smallest absolute Gasteiger partial charge is 0.228 e. The predicted octanol–water partition coefficient (Wildman–Crippen LogP) is 9.22. The molecule has 0 saturated heterocycles. The first kappa shape index (κ1) is 21.9. The van der Waals surface area contributed by atoms with Crippen LogP contribution in [0.4, 0.5) is 0 Å². The molecule has 1 aliphatic heterocycles. The van der Waals surface area contributed by atoms with Gasteiger partial charge in [0.1, 0.15) is 18.5 Å². The molecule has 1 saturated carbocycles. The first-order chi connectivity index (χ1) is 17.5. The van der Waals surface area contributed by atoms with E-state index in [1.807, 2.05) is 0 Å². The van der Waals surface area contributed by atoms with E-state index in [4.69, 9.17) is 4.74 Å². The van der Waals surface area contributed by atoms with Crippen LogP contribution in [0.3, 0.4) is 0 Å². The zero-order valence-electron chi connectivity index (χ0n) is 21.8. The molecule has 1 fully saturated rings. The van der Waals surface area contributed by atoms with E-state index < -0.39 is 0 Å². The number of fused-ring (bicyclic) bond motifs is 5. The van der Waals surface area contributed by atoms with Crippen molar-refractivity contribution in [1.29, 1.82) is 0 Å². The number of aromatic nitrogens is 1. The molecular formula is C34H34NO+. The second kappa shape index (κ2) is 8.06. The van der Waals surface area contributed by atoms with Crippen LogP contribution in [0.15, 0.2) is 60.8 Å². The summed E-state index contributed by atoms with van der Waals surface area (Å²) in [4.78, 5) is 0. The standard InChI is InChI=1S/C34H34NO/c1-20(2)29-26-15-9-8-14-24(26)21(3)30-33-32-27(17-18-35(33)4)31-23(19-28(32)36-34(29)30)13-10-16-25(31)22-11-6-5-7-12-22/h8-10,13-20,22H,5-7,11-12H2,1-4H3/q+1. The van der Waals surface area contributed by atoms with Crippen LogP contribution in [0, 0.1) is 6.92 Å². The number of benzene rings is 4. The van der Waals surface area contributed by atoms with Crippen molar-refractivity contribution >= 4 is 32.3 Å². The first-order valence-corrected chi connectivity index (χ1v) is 13.7. The lowest BCUT2D eigenvalue weighted by atomic mass is 9.80. The highest BCUT2D eigenvalue weighted by atomic mass is 16.5. The van der Waals surface area contributed by atoms with Crippen LogP contribution in [-0.4, -0.2) is 0 Å². The number of rotatable bonds is 2. The molecule has 0 unspecified atom stereocenters. The molecule has 0 atom stereocenters. The highest BCUT2D eigenvalue weighted by Crippen LogP contribution is 2.54. The summed E-state index contributed by atoms with van der Waals surface area (Å²) in [6, 6.07) is 20.4. The Hall–Kier alpha value is -3.39. The summed E-state index contributed by atoms with van der Waals surface area (Å²) in [6.45, 7) is 6.84. The molecule has 36 heavy (non-hydrogen) atoms. The van der Waals surface area contributed by atoms with Gasteiger partial charge in [-0.25, -0.2) is 4.57 Å². The molecule has 2 heterocycles. The molecule has 5 aromatic rings. The van der Waals surface area contributed by atoms with Crippen LogP contribution in [0.25, 0.3) is 43.6 Å². The van der Waals surface area contributed by atoms with Gasteiger partial charge in [0.25, 0.3) is 0 Å². The van der Waals surface area contributed by atoms with Crippen LogP contribution in [-0.2, 0) is 7.05 Å². The molecule has 2 heteroatoms. The highest BCUT2D eigenvalue weighted by Gasteiger charge is 2.34. The molecule has 0 radical (unpaired) electrons. The van der Waals surface area contributed by atoms with E-state index in [0.29, 0.717) is 11.8 Å². The lowest BCUT2D eigenvalue weighted by Crippen LogP contribution is -2.32. The van der Waals surface area contributed by atoms with Gasteiger partial charge in [0.2, 0.25) is 5.69 Å². The predicted molar refractivity (Wildman–Crippen MR) is 150 cm³/mol. The van der Waals surface area contributed by atoms with E-state index >= 15 is 0 Å². The van der Waals surface area contributed by atoms with Crippen molar-refractivity contribution in [2.45, 2.75) is 64.7 Å². The molecule has 0 amide bonds. The third-order valence-electron chi connectivity index (χ3n) is 8.79. The Bertz CT molecular complexity index is 1690. The molecule has 1 aromatic heterocycles. The second-order valence-electron chi connectivity index (χ2n) is 11.3. The van der Waals surface area contributed by atoms with Crippen molar-refractivity contribution < 1.29 is 9.30 Å². The molecule has 0 N–H and O–H groups in total. The fraction of sp³-hybridized carbons (Fsp3) is 0.324. The summed E-state index contributed by atoms with van der Waals surface area (Å²) < 4.78 is 9.28. The van der Waals surface area contributed by atoms with Gasteiger partial charge in [0.15, 0.2) is 6.20 Å². The van der Waals surface area contributed by atoms with Crippen molar-refractivity contribution in [3.05, 3.63) is 77.5 Å². The fourth-order valence-electron chi connectivity index (χ4n) is 7.16. The quantitative estimate of drug-likeness (QED) is 0.181. The SMILES string of the molecule is Cc1c2c(c(C(C)C)c3ccccc13)Oc1cc3cccc(C4CCCCC4)c3c3cc[n+](C)c-2c13. The van der Waals surface area contributed by atoms with Crippen LogP contribution in [0.2, 0.25) is 0 Å². The average molecular weight is 473 g/mol. The Kier molecular flexibility index (Phi) is 4.90. The molecule has 4 aromatic carbocycles. The lowest BCUT2D eigenvalue weighted by molar-refractivity contribution is -0.659. The third-order valence-corrected chi connectivity index (χ3v) is 8.79. The molecule has 1 aliphatic carbocycles. The largest absolute Gasteiger partial charge is 0.455 e. The van der Waals surface area contributed by atoms with Gasteiger partial charge in [-0.1, -0.05) is 75.6 Å². The van der Waals surface area contributed by atoms with Crippen molar-refractivity contribution in [2.75, 3.05) is 0 Å². The maximum absolute atomic E-state index is 6.97. The molecular weight excluding hydrogens is 438 g/mol. The Morgan fingerprint density at radius 2 is 1.64 bits per heavy atom. The number of aryl methyl sites for hydroxylation is 2. The van der Waals surface area contributed by atoms with Crippen molar-refractivity contribution in [1.82, 2.24) is 0 Å². The van der Waals surface area contributed by atoms with Gasteiger partial charge in [-0.05, 0) is 70.3 Å². The molecule has 2 nitrogen and oxygen atoms in total. The van der Waals surface area contributed by atoms with Gasteiger partial charge in [0, 0.05) is 17.0 Å². The zero-order valence-corrected chi connectivity index (χ0v) is 21.8. The summed E-state index contributed by atoms with van der Waals surface area (Å²) in [5.74, 6) is 3.05. The maximum atomic E-state index is 6.97. The number of hydrogen-bond acceptors (Lipinski definition) is 1. The van der Waals surface area contributed by atoms with Crippen LogP contribution < -0.4 is 9.30 Å². The minimum atomic E-state index is 0.355. The summed E-state index contributed by atoms with van der Waals surface area (Å²) in [6.07, 6.45) is 8.94. The van der Waals surface area contributed by atoms with E-state index in [1.165, 1.54) is 92.4 Å². The lowest BCUT2D eigenvalue weighted by Gasteiger charge is -2.28. The van der Waals surface area contributed by atoms with Crippen LogP contribution >= 0.6 is 0 Å². The maximum Gasteiger partial charge on any atom is 0.228 e. The second-order valence-corrected chi connectivity index (χ2v) is 11.3. The molecule has 0 bridgehead atoms. The van der Waals surface area contributed by atoms with Gasteiger partial charge < -0.3 is 4.74 Å². The molecule has 0 spiro atoms. The zero-order chi connectivity index (χ0) is 24.6. The van der Waals surface area contributed by atoms with Crippen molar-refractivity contribution in [3.8, 4) is 22.8 Å². The number of pyridine rings is 1. The average Bonchev–Trinajstić information content (AvgIpc) is 2.90. The molecule has 2 aliphatic rings. The highest BCUT2D eigenvalue weighted by molar-refractivity contribution is 6.17. The van der Waals surface area contributed by atoms with E-state index in [-0.39, 0.29) is 0 Å². The number of hydrogen-bond donors (Lipinski definition) is 0. The Morgan fingerprint density at radius 3 is 2.42 bits per heavy atom. The molecule has 7 rings (SSSR count). The normalized spacial score (nSPS) is 15.6. The summed E-state index contributed by atoms with van der Waals surface area (Å²) in [5, 5.41) is 7.96. The summed E-state index contributed by atoms with van der Waals surface area (Å²) in [5.41, 5.74) is 6.69. The Morgan fingerprint density at radius 1 is 0.861 bits per heavy atom. The number of ether oxygens (including phenoxy) is 1. The van der Waals surface area contributed by atoms with Gasteiger partial charge in [0.05, 0.1) is 10.9 Å². The van der Waals surface area contributed by atoms with Crippen LogP contribution in [0.1, 0.15) is 74.5 Å². The summed E-state index contributed by atoms with van der Waals surface area (Å²) >= 11 is 0. The summed E-state index contributed by atoms with van der Waals surface area (Å²) in [7, 11) is 2.19. The monoisotopic (exact) mass is 472 g/mol. The Labute approximate surface area is 213 Å². The van der Waals surface area contributed by atoms with Crippen molar-refractivity contribution in [3.63, 3.8) is 0 Å². The topological polar surface area (TPSA) is 13.1 Å². The van der Waals surface area contributed by atoms with Crippen LogP contribution in [0.5, 0.6) is 11.5 Å². The van der Waals surface area contributed by atoms with E-state index in [0.717, 1.165) is 11.5 Å². The first-order valence-electron chi connectivity index (χ1n) is 13.7. The fourth-order valence-corrected chi connectivity index (χ4v) is 7.16. The van der Waals surface area contributed by atoms with Gasteiger partial charge >= 0.3 is 0 Å². The van der Waals surface area contributed by atoms with E-state index in [1.54, 1.807) is 0 Å². The number of nitrogens with zero attached hydrogens (tertiary/aromatic N) is 1. The minimum Gasteiger partial charge on any atom is -0.455 e. The minimum absolute atomic E-state index is 0.355. The third kappa shape index (κ3) is 3.00. The van der Waals surface area contributed by atoms with Gasteiger partial charge in [-0.3, -0.25) is 0 Å². The van der Waals surface area contributed by atoms with Gasteiger partial charge in [-0.15, -0.1) is 0 Å². The van der Waals surface area contributed by atoms with E-state index in [9.17, 15) is 0 Å².